The number of nitrogens with zero attached hydrogens (tertiary/aromatic N) is 1. The molecular formula is C19H20N4O4S. The summed E-state index contributed by atoms with van der Waals surface area (Å²) in [6.07, 6.45) is 0. The summed E-state index contributed by atoms with van der Waals surface area (Å²) in [5.41, 5.74) is 13.5. The molecule has 0 aliphatic carbocycles. The minimum Gasteiger partial charge on any atom is -0.489 e. The third-order valence-electron chi connectivity index (χ3n) is 4.20. The van der Waals surface area contributed by atoms with Crippen molar-refractivity contribution in [3.05, 3.63) is 57.8 Å². The third-order valence-corrected chi connectivity index (χ3v) is 5.38. The van der Waals surface area contributed by atoms with Gasteiger partial charge in [0.2, 0.25) is 5.91 Å². The summed E-state index contributed by atoms with van der Waals surface area (Å²) < 4.78 is 10.9. The van der Waals surface area contributed by atoms with Crippen LogP contribution in [0.1, 0.15) is 32.3 Å². The van der Waals surface area contributed by atoms with E-state index >= 15 is 0 Å². The molecule has 2 aromatic heterocycles. The molecule has 0 aliphatic heterocycles. The molecule has 0 radical (unpaired) electrons. The molecule has 0 fully saturated rings. The summed E-state index contributed by atoms with van der Waals surface area (Å²) >= 11 is 1.37. The minimum absolute atomic E-state index is 0.150. The summed E-state index contributed by atoms with van der Waals surface area (Å²) in [5.74, 6) is 0.887. The summed E-state index contributed by atoms with van der Waals surface area (Å²) in [7, 11) is 0. The van der Waals surface area contributed by atoms with E-state index in [1.807, 2.05) is 38.1 Å². The van der Waals surface area contributed by atoms with Gasteiger partial charge in [-0.3, -0.25) is 4.79 Å². The number of benzene rings is 1. The first kappa shape index (κ1) is 19.4. The number of thiophene rings is 1. The Morgan fingerprint density at radius 2 is 1.93 bits per heavy atom. The molecule has 3 aromatic rings. The number of aryl methyl sites for hydroxylation is 2. The lowest BCUT2D eigenvalue weighted by atomic mass is 10.1. The second-order valence-corrected chi connectivity index (χ2v) is 7.28. The second kappa shape index (κ2) is 8.13. The molecule has 0 saturated heterocycles. The lowest BCUT2D eigenvalue weighted by Gasteiger charge is -2.06. The van der Waals surface area contributed by atoms with E-state index in [4.69, 9.17) is 20.7 Å². The van der Waals surface area contributed by atoms with Crippen molar-refractivity contribution in [3.8, 4) is 16.2 Å². The van der Waals surface area contributed by atoms with E-state index in [9.17, 15) is 9.59 Å². The number of amides is 3. The van der Waals surface area contributed by atoms with E-state index in [1.54, 1.807) is 6.07 Å². The topological polar surface area (TPSA) is 133 Å². The van der Waals surface area contributed by atoms with Crippen molar-refractivity contribution in [3.63, 3.8) is 0 Å². The Balaban J connectivity index is 1.74. The number of primary amides is 2. The number of ether oxygens (including phenoxy) is 1. The van der Waals surface area contributed by atoms with Gasteiger partial charge < -0.3 is 26.0 Å². The average molecular weight is 400 g/mol. The highest BCUT2D eigenvalue weighted by Gasteiger charge is 2.15. The van der Waals surface area contributed by atoms with Gasteiger partial charge in [0.1, 0.15) is 18.1 Å². The number of carbonyl (C=O) groups is 2. The van der Waals surface area contributed by atoms with E-state index in [1.165, 1.54) is 11.3 Å². The Hall–Kier alpha value is -3.33. The molecule has 5 N–H and O–H groups in total. The van der Waals surface area contributed by atoms with E-state index in [2.05, 4.69) is 10.5 Å². The summed E-state index contributed by atoms with van der Waals surface area (Å²) in [6, 6.07) is 8.53. The fourth-order valence-electron chi connectivity index (χ4n) is 2.66. The van der Waals surface area contributed by atoms with Crippen molar-refractivity contribution in [2.24, 2.45) is 11.5 Å². The molecule has 0 spiro atoms. The standard InChI is InChI=1S/C19H20N4O4S/c1-10-15(11(2)27-23-10)9-26-13-5-3-12(4-6-13)16-7-14(18(20)24)17(28-16)8-22-19(21)25/h3-7H,8-9H2,1-2H3,(H2,20,24)(H3,21,22,25). The number of carbonyl (C=O) groups excluding carboxylic acids is 2. The first-order chi connectivity index (χ1) is 13.3. The molecule has 146 valence electrons. The molecule has 3 rings (SSSR count). The van der Waals surface area contributed by atoms with Gasteiger partial charge in [0.25, 0.3) is 0 Å². The number of hydrogen-bond acceptors (Lipinski definition) is 6. The zero-order valence-electron chi connectivity index (χ0n) is 15.4. The highest BCUT2D eigenvalue weighted by Crippen LogP contribution is 2.32. The summed E-state index contributed by atoms with van der Waals surface area (Å²) in [6.45, 7) is 4.24. The zero-order chi connectivity index (χ0) is 20.3. The van der Waals surface area contributed by atoms with Crippen LogP contribution in [0.15, 0.2) is 34.9 Å². The molecule has 0 unspecified atom stereocenters. The smallest absolute Gasteiger partial charge is 0.312 e. The Labute approximate surface area is 165 Å². The molecule has 0 atom stereocenters. The molecular weight excluding hydrogens is 380 g/mol. The van der Waals surface area contributed by atoms with Crippen molar-refractivity contribution in [1.82, 2.24) is 10.5 Å². The molecule has 28 heavy (non-hydrogen) atoms. The van der Waals surface area contributed by atoms with Crippen molar-refractivity contribution in [1.29, 1.82) is 0 Å². The fourth-order valence-corrected chi connectivity index (χ4v) is 3.77. The van der Waals surface area contributed by atoms with Gasteiger partial charge in [0, 0.05) is 9.75 Å². The predicted octanol–water partition coefficient (Wildman–Crippen LogP) is 2.87. The van der Waals surface area contributed by atoms with Crippen molar-refractivity contribution >= 4 is 23.3 Å². The quantitative estimate of drug-likeness (QED) is 0.561. The van der Waals surface area contributed by atoms with Gasteiger partial charge in [-0.2, -0.15) is 0 Å². The van der Waals surface area contributed by atoms with Crippen LogP contribution in [0.4, 0.5) is 4.79 Å². The van der Waals surface area contributed by atoms with Gasteiger partial charge in [-0.1, -0.05) is 5.16 Å². The molecule has 3 amide bonds. The highest BCUT2D eigenvalue weighted by atomic mass is 32.1. The maximum absolute atomic E-state index is 11.7. The van der Waals surface area contributed by atoms with E-state index < -0.39 is 11.9 Å². The maximum atomic E-state index is 11.7. The van der Waals surface area contributed by atoms with Gasteiger partial charge in [0.15, 0.2) is 0 Å². The van der Waals surface area contributed by atoms with Crippen LogP contribution in [0.5, 0.6) is 5.75 Å². The van der Waals surface area contributed by atoms with Crippen molar-refractivity contribution in [2.75, 3.05) is 0 Å². The van der Waals surface area contributed by atoms with Crippen LogP contribution in [0, 0.1) is 13.8 Å². The van der Waals surface area contributed by atoms with E-state index in [-0.39, 0.29) is 6.54 Å². The third kappa shape index (κ3) is 4.32. The van der Waals surface area contributed by atoms with Gasteiger partial charge in [-0.15, -0.1) is 11.3 Å². The van der Waals surface area contributed by atoms with Gasteiger partial charge in [0.05, 0.1) is 23.4 Å². The largest absolute Gasteiger partial charge is 0.489 e. The minimum atomic E-state index is -0.662. The van der Waals surface area contributed by atoms with Crippen LogP contribution in [0.2, 0.25) is 0 Å². The van der Waals surface area contributed by atoms with E-state index in [0.29, 0.717) is 22.8 Å². The molecule has 1 aromatic carbocycles. The summed E-state index contributed by atoms with van der Waals surface area (Å²) in [5, 5.41) is 6.39. The van der Waals surface area contributed by atoms with Crippen molar-refractivity contribution < 1.29 is 18.8 Å². The Bertz CT molecular complexity index is 988. The van der Waals surface area contributed by atoms with Crippen molar-refractivity contribution in [2.45, 2.75) is 27.0 Å². The van der Waals surface area contributed by atoms with Crippen LogP contribution >= 0.6 is 11.3 Å². The Morgan fingerprint density at radius 1 is 1.21 bits per heavy atom. The average Bonchev–Trinajstić information content (AvgIpc) is 3.23. The van der Waals surface area contributed by atoms with Gasteiger partial charge in [-0.05, 0) is 49.7 Å². The number of aromatic nitrogens is 1. The van der Waals surface area contributed by atoms with E-state index in [0.717, 1.165) is 27.5 Å². The summed E-state index contributed by atoms with van der Waals surface area (Å²) in [4.78, 5) is 24.1. The molecule has 0 aliphatic rings. The molecule has 9 heteroatoms. The number of urea groups is 1. The monoisotopic (exact) mass is 400 g/mol. The van der Waals surface area contributed by atoms with Gasteiger partial charge >= 0.3 is 6.03 Å². The molecule has 0 bridgehead atoms. The Kier molecular flexibility index (Phi) is 5.65. The number of hydrogen-bond donors (Lipinski definition) is 3. The van der Waals surface area contributed by atoms with Crippen LogP contribution < -0.4 is 21.5 Å². The zero-order valence-corrected chi connectivity index (χ0v) is 16.3. The second-order valence-electron chi connectivity index (χ2n) is 6.15. The predicted molar refractivity (Wildman–Crippen MR) is 105 cm³/mol. The number of rotatable bonds is 7. The number of nitrogens with one attached hydrogen (secondary N) is 1. The van der Waals surface area contributed by atoms with Crippen LogP contribution in [0.3, 0.4) is 0 Å². The molecule has 0 saturated carbocycles. The van der Waals surface area contributed by atoms with Gasteiger partial charge in [-0.25, -0.2) is 4.79 Å². The van der Waals surface area contributed by atoms with Crippen LogP contribution in [-0.4, -0.2) is 17.1 Å². The highest BCUT2D eigenvalue weighted by molar-refractivity contribution is 7.15. The molecule has 8 nitrogen and oxygen atoms in total. The first-order valence-electron chi connectivity index (χ1n) is 8.46. The Morgan fingerprint density at radius 3 is 2.50 bits per heavy atom. The molecule has 2 heterocycles. The normalized spacial score (nSPS) is 10.6. The number of nitrogens with two attached hydrogens (primary N) is 2. The lowest BCUT2D eigenvalue weighted by Crippen LogP contribution is -2.29. The van der Waals surface area contributed by atoms with Crippen LogP contribution in [-0.2, 0) is 13.2 Å². The van der Waals surface area contributed by atoms with Crippen LogP contribution in [0.25, 0.3) is 10.4 Å². The maximum Gasteiger partial charge on any atom is 0.312 e. The SMILES string of the molecule is Cc1noc(C)c1COc1ccc(-c2cc(C(N)=O)c(CNC(N)=O)s2)cc1. The first-order valence-corrected chi connectivity index (χ1v) is 9.27. The lowest BCUT2D eigenvalue weighted by molar-refractivity contribution is 0.0999. The fraction of sp³-hybridized carbons (Fsp3) is 0.211.